The lowest BCUT2D eigenvalue weighted by Crippen LogP contribution is -2.32. The van der Waals surface area contributed by atoms with Crippen LogP contribution in [0.25, 0.3) is 11.0 Å². The molecule has 2 aromatic rings. The number of nitrogens with zero attached hydrogens (tertiary/aromatic N) is 3. The molecule has 0 aliphatic carbocycles. The lowest BCUT2D eigenvalue weighted by molar-refractivity contribution is 0.0938. The van der Waals surface area contributed by atoms with Gasteiger partial charge in [-0.2, -0.15) is 5.10 Å². The van der Waals surface area contributed by atoms with E-state index in [0.717, 1.165) is 23.1 Å². The van der Waals surface area contributed by atoms with E-state index in [9.17, 15) is 4.79 Å². The fraction of sp³-hybridized carbons (Fsp3) is 0.533. The molecule has 0 aliphatic rings. The molecule has 5 heteroatoms. The largest absolute Gasteiger partial charge is 0.350 e. The van der Waals surface area contributed by atoms with Gasteiger partial charge in [-0.05, 0) is 40.2 Å². The molecule has 20 heavy (non-hydrogen) atoms. The van der Waals surface area contributed by atoms with Crippen molar-refractivity contribution < 1.29 is 4.79 Å². The minimum absolute atomic E-state index is 0.0662. The number of fused-ring (bicyclic) bond motifs is 1. The summed E-state index contributed by atoms with van der Waals surface area (Å²) in [5.41, 5.74) is 2.19. The predicted molar refractivity (Wildman–Crippen MR) is 79.9 cm³/mol. The van der Waals surface area contributed by atoms with Crippen molar-refractivity contribution in [3.05, 3.63) is 23.5 Å². The summed E-state index contributed by atoms with van der Waals surface area (Å²) in [6.45, 7) is 10.0. The topological polar surface area (TPSA) is 59.8 Å². The van der Waals surface area contributed by atoms with Crippen molar-refractivity contribution in [3.8, 4) is 0 Å². The third kappa shape index (κ3) is 2.66. The van der Waals surface area contributed by atoms with Gasteiger partial charge in [0, 0.05) is 17.5 Å². The molecule has 2 aromatic heterocycles. The summed E-state index contributed by atoms with van der Waals surface area (Å²) in [5.74, 6) is -0.0662. The molecule has 0 aliphatic heterocycles. The Kier molecular flexibility index (Phi) is 4.06. The van der Waals surface area contributed by atoms with Crippen LogP contribution in [0.1, 0.15) is 56.2 Å². The number of carbonyl (C=O) groups excluding carboxylic acids is 1. The maximum atomic E-state index is 12.2. The van der Waals surface area contributed by atoms with Gasteiger partial charge in [-0.1, -0.05) is 6.92 Å². The van der Waals surface area contributed by atoms with Crippen LogP contribution < -0.4 is 5.32 Å². The first-order valence-corrected chi connectivity index (χ1v) is 7.09. The van der Waals surface area contributed by atoms with Gasteiger partial charge in [0.25, 0.3) is 5.91 Å². The highest BCUT2D eigenvalue weighted by molar-refractivity contribution is 5.98. The van der Waals surface area contributed by atoms with E-state index >= 15 is 0 Å². The van der Waals surface area contributed by atoms with Gasteiger partial charge in [0.2, 0.25) is 0 Å². The maximum Gasteiger partial charge on any atom is 0.253 e. The molecule has 108 valence electrons. The Hall–Kier alpha value is -1.91. The second kappa shape index (κ2) is 5.61. The quantitative estimate of drug-likeness (QED) is 0.932. The Morgan fingerprint density at radius 3 is 2.70 bits per heavy atom. The van der Waals surface area contributed by atoms with Crippen LogP contribution >= 0.6 is 0 Å². The molecule has 2 heterocycles. The van der Waals surface area contributed by atoms with E-state index in [4.69, 9.17) is 0 Å². The van der Waals surface area contributed by atoms with Gasteiger partial charge in [0.05, 0.1) is 17.5 Å². The van der Waals surface area contributed by atoms with Gasteiger partial charge < -0.3 is 5.32 Å². The van der Waals surface area contributed by atoms with Crippen LogP contribution in [0.2, 0.25) is 0 Å². The number of rotatable bonds is 4. The van der Waals surface area contributed by atoms with Crippen LogP contribution in [-0.2, 0) is 0 Å². The van der Waals surface area contributed by atoms with Gasteiger partial charge >= 0.3 is 0 Å². The molecule has 1 amide bonds. The molecule has 0 bridgehead atoms. The van der Waals surface area contributed by atoms with Gasteiger partial charge in [-0.3, -0.25) is 4.79 Å². The molecule has 1 N–H and O–H groups in total. The molecule has 5 nitrogen and oxygen atoms in total. The first kappa shape index (κ1) is 14.5. The molecule has 0 fully saturated rings. The molecule has 0 spiro atoms. The molecule has 0 aromatic carbocycles. The Morgan fingerprint density at radius 2 is 2.10 bits per heavy atom. The lowest BCUT2D eigenvalue weighted by Gasteiger charge is -2.13. The van der Waals surface area contributed by atoms with Crippen LogP contribution in [0, 0.1) is 6.92 Å². The van der Waals surface area contributed by atoms with E-state index in [-0.39, 0.29) is 18.0 Å². The molecule has 0 radical (unpaired) electrons. The number of pyridine rings is 1. The standard InChI is InChI=1S/C15H22N4O/c1-6-10(4)17-15(20)13-7-12-8-16-19(9(2)3)14(12)18-11(13)5/h7-10H,6H2,1-5H3,(H,17,20)/t10-/m0/s1. The second-order valence-corrected chi connectivity index (χ2v) is 5.50. The van der Waals surface area contributed by atoms with Crippen LogP contribution in [-0.4, -0.2) is 26.7 Å². The van der Waals surface area contributed by atoms with Crippen molar-refractivity contribution in [3.63, 3.8) is 0 Å². The Balaban J connectivity index is 2.41. The summed E-state index contributed by atoms with van der Waals surface area (Å²) in [6, 6.07) is 2.29. The summed E-state index contributed by atoms with van der Waals surface area (Å²) in [4.78, 5) is 16.8. The number of aryl methyl sites for hydroxylation is 1. The number of amides is 1. The first-order chi connectivity index (χ1) is 9.43. The zero-order valence-electron chi connectivity index (χ0n) is 12.8. The summed E-state index contributed by atoms with van der Waals surface area (Å²) in [5, 5.41) is 8.21. The predicted octanol–water partition coefficient (Wildman–Crippen LogP) is 2.85. The molecule has 0 unspecified atom stereocenters. The third-order valence-corrected chi connectivity index (χ3v) is 3.48. The maximum absolute atomic E-state index is 12.2. The number of nitrogens with one attached hydrogen (secondary N) is 1. The molecular weight excluding hydrogens is 252 g/mol. The van der Waals surface area contributed by atoms with Crippen molar-refractivity contribution in [1.82, 2.24) is 20.1 Å². The minimum atomic E-state index is -0.0662. The molecule has 0 saturated heterocycles. The molecular formula is C15H22N4O. The van der Waals surface area contributed by atoms with Crippen molar-refractivity contribution in [1.29, 1.82) is 0 Å². The first-order valence-electron chi connectivity index (χ1n) is 7.09. The van der Waals surface area contributed by atoms with E-state index < -0.39 is 0 Å². The van der Waals surface area contributed by atoms with Gasteiger partial charge in [0.1, 0.15) is 0 Å². The lowest BCUT2D eigenvalue weighted by atomic mass is 10.1. The zero-order valence-corrected chi connectivity index (χ0v) is 12.8. The highest BCUT2D eigenvalue weighted by Gasteiger charge is 2.16. The normalized spacial score (nSPS) is 12.9. The average molecular weight is 274 g/mol. The molecule has 2 rings (SSSR count). The number of aromatic nitrogens is 3. The van der Waals surface area contributed by atoms with E-state index in [0.29, 0.717) is 5.56 Å². The van der Waals surface area contributed by atoms with Crippen molar-refractivity contribution >= 4 is 16.9 Å². The van der Waals surface area contributed by atoms with Crippen LogP contribution in [0.3, 0.4) is 0 Å². The van der Waals surface area contributed by atoms with E-state index in [1.54, 1.807) is 6.20 Å². The van der Waals surface area contributed by atoms with Crippen LogP contribution in [0.5, 0.6) is 0 Å². The Morgan fingerprint density at radius 1 is 1.40 bits per heavy atom. The average Bonchev–Trinajstić information content (AvgIpc) is 2.80. The monoisotopic (exact) mass is 274 g/mol. The molecule has 1 atom stereocenters. The second-order valence-electron chi connectivity index (χ2n) is 5.50. The van der Waals surface area contributed by atoms with Crippen molar-refractivity contribution in [2.75, 3.05) is 0 Å². The van der Waals surface area contributed by atoms with Crippen molar-refractivity contribution in [2.45, 2.75) is 53.1 Å². The Labute approximate surface area is 119 Å². The summed E-state index contributed by atoms with van der Waals surface area (Å²) >= 11 is 0. The SMILES string of the molecule is CC[C@H](C)NC(=O)c1cc2cnn(C(C)C)c2nc1C. The van der Waals surface area contributed by atoms with E-state index in [1.807, 2.05) is 31.5 Å². The summed E-state index contributed by atoms with van der Waals surface area (Å²) in [7, 11) is 0. The third-order valence-electron chi connectivity index (χ3n) is 3.48. The minimum Gasteiger partial charge on any atom is -0.350 e. The van der Waals surface area contributed by atoms with Gasteiger partial charge in [-0.15, -0.1) is 0 Å². The summed E-state index contributed by atoms with van der Waals surface area (Å²) in [6.07, 6.45) is 2.67. The number of hydrogen-bond acceptors (Lipinski definition) is 3. The van der Waals surface area contributed by atoms with E-state index in [1.165, 1.54) is 0 Å². The summed E-state index contributed by atoms with van der Waals surface area (Å²) < 4.78 is 1.87. The smallest absolute Gasteiger partial charge is 0.253 e. The van der Waals surface area contributed by atoms with Crippen LogP contribution in [0.4, 0.5) is 0 Å². The fourth-order valence-electron chi connectivity index (χ4n) is 2.08. The number of carbonyl (C=O) groups is 1. The van der Waals surface area contributed by atoms with Crippen molar-refractivity contribution in [2.24, 2.45) is 0 Å². The van der Waals surface area contributed by atoms with Gasteiger partial charge in [0.15, 0.2) is 5.65 Å². The van der Waals surface area contributed by atoms with E-state index in [2.05, 4.69) is 29.2 Å². The van der Waals surface area contributed by atoms with Crippen LogP contribution in [0.15, 0.2) is 12.3 Å². The number of hydrogen-bond donors (Lipinski definition) is 1. The molecule has 0 saturated carbocycles. The fourth-order valence-corrected chi connectivity index (χ4v) is 2.08. The zero-order chi connectivity index (χ0) is 14.9. The Bertz CT molecular complexity index is 630. The highest BCUT2D eigenvalue weighted by atomic mass is 16.1. The highest BCUT2D eigenvalue weighted by Crippen LogP contribution is 2.19. The van der Waals surface area contributed by atoms with Gasteiger partial charge in [-0.25, -0.2) is 9.67 Å².